The van der Waals surface area contributed by atoms with Crippen LogP contribution in [-0.4, -0.2) is 36.0 Å². The summed E-state index contributed by atoms with van der Waals surface area (Å²) in [5.41, 5.74) is 3.41. The van der Waals surface area contributed by atoms with E-state index in [1.165, 1.54) is 0 Å². The third-order valence-electron chi connectivity index (χ3n) is 4.72. The van der Waals surface area contributed by atoms with Crippen molar-refractivity contribution in [3.63, 3.8) is 0 Å². The van der Waals surface area contributed by atoms with Crippen LogP contribution in [0.25, 0.3) is 0 Å². The maximum atomic E-state index is 12.4. The van der Waals surface area contributed by atoms with Gasteiger partial charge in [0, 0.05) is 25.0 Å². The average molecular weight is 347 g/mol. The highest BCUT2D eigenvalue weighted by atomic mass is 16.7. The molecule has 1 heterocycles. The smallest absolute Gasteiger partial charge is 0.338 e. The van der Waals surface area contributed by atoms with E-state index in [0.717, 1.165) is 31.2 Å². The Morgan fingerprint density at radius 2 is 1.80 bits per heavy atom. The van der Waals surface area contributed by atoms with E-state index < -0.39 is 0 Å². The summed E-state index contributed by atoms with van der Waals surface area (Å²) >= 11 is 0. The zero-order valence-electron chi connectivity index (χ0n) is 15.2. The first kappa shape index (κ1) is 19.2. The minimum Gasteiger partial charge on any atom is -0.342 e. The molecule has 3 amide bonds. The van der Waals surface area contributed by atoms with Crippen molar-refractivity contribution in [3.8, 4) is 0 Å². The molecule has 2 N–H and O–H groups in total. The van der Waals surface area contributed by atoms with Gasteiger partial charge in [-0.05, 0) is 31.2 Å². The van der Waals surface area contributed by atoms with Crippen LogP contribution >= 0.6 is 0 Å². The number of amides is 3. The summed E-state index contributed by atoms with van der Waals surface area (Å²) in [7, 11) is 0. The number of benzene rings is 1. The van der Waals surface area contributed by atoms with E-state index in [1.807, 2.05) is 35.2 Å². The van der Waals surface area contributed by atoms with Gasteiger partial charge in [0.15, 0.2) is 0 Å². The molecule has 1 aromatic carbocycles. The minimum atomic E-state index is -0.333. The Morgan fingerprint density at radius 3 is 2.40 bits per heavy atom. The van der Waals surface area contributed by atoms with Gasteiger partial charge in [-0.3, -0.25) is 9.63 Å². The van der Waals surface area contributed by atoms with Crippen LogP contribution in [0, 0.1) is 5.92 Å². The summed E-state index contributed by atoms with van der Waals surface area (Å²) in [5.74, 6) is 0.373. The molecule has 0 aromatic heterocycles. The molecule has 138 valence electrons. The fraction of sp³-hybridized carbons (Fsp3) is 0.579. The molecule has 6 nitrogen and oxygen atoms in total. The lowest BCUT2D eigenvalue weighted by molar-refractivity contribution is -0.136. The third-order valence-corrected chi connectivity index (χ3v) is 4.72. The van der Waals surface area contributed by atoms with Crippen LogP contribution in [0.4, 0.5) is 4.79 Å². The van der Waals surface area contributed by atoms with Gasteiger partial charge < -0.3 is 10.2 Å². The number of nitrogens with one attached hydrogen (secondary N) is 2. The van der Waals surface area contributed by atoms with Gasteiger partial charge in [-0.15, -0.1) is 0 Å². The lowest BCUT2D eigenvalue weighted by atomic mass is 9.98. The Labute approximate surface area is 149 Å². The van der Waals surface area contributed by atoms with Crippen LogP contribution < -0.4 is 10.8 Å². The van der Waals surface area contributed by atoms with Gasteiger partial charge >= 0.3 is 6.03 Å². The molecule has 6 heteroatoms. The predicted octanol–water partition coefficient (Wildman–Crippen LogP) is 2.84. The predicted molar refractivity (Wildman–Crippen MR) is 96.6 cm³/mol. The lowest BCUT2D eigenvalue weighted by Crippen LogP contribution is -2.50. The van der Waals surface area contributed by atoms with E-state index in [9.17, 15) is 9.59 Å². The van der Waals surface area contributed by atoms with Crippen LogP contribution in [0.2, 0.25) is 0 Å². The SMILES string of the molecule is CCC(CC)C(=O)N1CCC(NC(=O)NOCc2ccccc2)CC1. The fourth-order valence-corrected chi connectivity index (χ4v) is 3.11. The van der Waals surface area contributed by atoms with Gasteiger partial charge in [0.25, 0.3) is 0 Å². The molecular weight excluding hydrogens is 318 g/mol. The van der Waals surface area contributed by atoms with E-state index in [-0.39, 0.29) is 23.9 Å². The van der Waals surface area contributed by atoms with E-state index in [0.29, 0.717) is 19.7 Å². The molecule has 1 fully saturated rings. The molecule has 1 aliphatic rings. The van der Waals surface area contributed by atoms with E-state index >= 15 is 0 Å². The largest absolute Gasteiger partial charge is 0.342 e. The minimum absolute atomic E-state index is 0.0751. The monoisotopic (exact) mass is 347 g/mol. The Balaban J connectivity index is 1.65. The zero-order chi connectivity index (χ0) is 18.1. The molecule has 1 aliphatic heterocycles. The Bertz CT molecular complexity index is 538. The molecular formula is C19H29N3O3. The highest BCUT2D eigenvalue weighted by molar-refractivity contribution is 5.79. The van der Waals surface area contributed by atoms with Crippen molar-refractivity contribution in [1.29, 1.82) is 0 Å². The number of rotatable bonds is 7. The molecule has 0 spiro atoms. The molecule has 0 atom stereocenters. The molecule has 0 bridgehead atoms. The quantitative estimate of drug-likeness (QED) is 0.745. The van der Waals surface area contributed by atoms with Gasteiger partial charge in [-0.2, -0.15) is 0 Å². The molecule has 0 unspecified atom stereocenters. The van der Waals surface area contributed by atoms with Crippen molar-refractivity contribution < 1.29 is 14.4 Å². The Hall–Kier alpha value is -2.08. The molecule has 0 aliphatic carbocycles. The topological polar surface area (TPSA) is 70.7 Å². The van der Waals surface area contributed by atoms with Crippen molar-refractivity contribution in [1.82, 2.24) is 15.7 Å². The summed E-state index contributed by atoms with van der Waals surface area (Å²) in [5, 5.41) is 2.91. The highest BCUT2D eigenvalue weighted by Gasteiger charge is 2.27. The normalized spacial score (nSPS) is 15.2. The molecule has 1 saturated heterocycles. The third kappa shape index (κ3) is 6.05. The number of nitrogens with zero attached hydrogens (tertiary/aromatic N) is 1. The maximum absolute atomic E-state index is 12.4. The van der Waals surface area contributed by atoms with Crippen molar-refractivity contribution in [2.45, 2.75) is 52.2 Å². The van der Waals surface area contributed by atoms with Crippen molar-refractivity contribution in [2.24, 2.45) is 5.92 Å². The first-order chi connectivity index (χ1) is 12.1. The van der Waals surface area contributed by atoms with Gasteiger partial charge in [-0.25, -0.2) is 10.3 Å². The van der Waals surface area contributed by atoms with Crippen molar-refractivity contribution in [2.75, 3.05) is 13.1 Å². The number of likely N-dealkylation sites (tertiary alicyclic amines) is 1. The number of urea groups is 1. The van der Waals surface area contributed by atoms with Crippen molar-refractivity contribution in [3.05, 3.63) is 35.9 Å². The Kier molecular flexibility index (Phi) is 7.73. The second kappa shape index (κ2) is 10.0. The summed E-state index contributed by atoms with van der Waals surface area (Å²) < 4.78 is 0. The number of carbonyl (C=O) groups excluding carboxylic acids is 2. The van der Waals surface area contributed by atoms with E-state index in [2.05, 4.69) is 24.6 Å². The summed E-state index contributed by atoms with van der Waals surface area (Å²) in [4.78, 5) is 31.4. The molecule has 0 radical (unpaired) electrons. The number of carbonyl (C=O) groups is 2. The maximum Gasteiger partial charge on any atom is 0.338 e. The first-order valence-electron chi connectivity index (χ1n) is 9.15. The number of hydroxylamine groups is 1. The second-order valence-electron chi connectivity index (χ2n) is 6.46. The van der Waals surface area contributed by atoms with Gasteiger partial charge in [0.1, 0.15) is 0 Å². The average Bonchev–Trinajstić information content (AvgIpc) is 2.64. The highest BCUT2D eigenvalue weighted by Crippen LogP contribution is 2.17. The molecule has 25 heavy (non-hydrogen) atoms. The molecule has 0 saturated carbocycles. The number of hydrogen-bond acceptors (Lipinski definition) is 3. The van der Waals surface area contributed by atoms with Crippen LogP contribution in [0.5, 0.6) is 0 Å². The van der Waals surface area contributed by atoms with E-state index in [1.54, 1.807) is 0 Å². The molecule has 1 aromatic rings. The summed E-state index contributed by atoms with van der Waals surface area (Å²) in [6.07, 6.45) is 3.32. The second-order valence-corrected chi connectivity index (χ2v) is 6.46. The summed E-state index contributed by atoms with van der Waals surface area (Å²) in [6.45, 7) is 5.84. The van der Waals surface area contributed by atoms with Crippen molar-refractivity contribution >= 4 is 11.9 Å². The van der Waals surface area contributed by atoms with Gasteiger partial charge in [-0.1, -0.05) is 44.2 Å². The number of hydrogen-bond donors (Lipinski definition) is 2. The van der Waals surface area contributed by atoms with E-state index in [4.69, 9.17) is 4.84 Å². The van der Waals surface area contributed by atoms with Crippen LogP contribution in [0.15, 0.2) is 30.3 Å². The standard InChI is InChI=1S/C19H29N3O3/c1-3-16(4-2)18(23)22-12-10-17(11-13-22)20-19(24)21-25-14-15-8-6-5-7-9-15/h5-9,16-17H,3-4,10-14H2,1-2H3,(H2,20,21,24). The molecule has 2 rings (SSSR count). The van der Waals surface area contributed by atoms with Crippen LogP contribution in [0.3, 0.4) is 0 Å². The Morgan fingerprint density at radius 1 is 1.16 bits per heavy atom. The zero-order valence-corrected chi connectivity index (χ0v) is 15.2. The lowest BCUT2D eigenvalue weighted by Gasteiger charge is -2.34. The summed E-state index contributed by atoms with van der Waals surface area (Å²) in [6, 6.07) is 9.40. The van der Waals surface area contributed by atoms with Crippen LogP contribution in [0.1, 0.15) is 45.1 Å². The number of piperidine rings is 1. The fourth-order valence-electron chi connectivity index (χ4n) is 3.11. The van der Waals surface area contributed by atoms with Gasteiger partial charge in [0.2, 0.25) is 5.91 Å². The van der Waals surface area contributed by atoms with Crippen LogP contribution in [-0.2, 0) is 16.2 Å². The van der Waals surface area contributed by atoms with Gasteiger partial charge in [0.05, 0.1) is 6.61 Å². The first-order valence-corrected chi connectivity index (χ1v) is 9.15.